The average Bonchev–Trinajstić information content (AvgIpc) is 2.87. The van der Waals surface area contributed by atoms with Gasteiger partial charge >= 0.3 is 0 Å². The van der Waals surface area contributed by atoms with Crippen molar-refractivity contribution in [1.29, 1.82) is 0 Å². The summed E-state index contributed by atoms with van der Waals surface area (Å²) in [5, 5.41) is 16.8. The molecule has 0 saturated carbocycles. The molecule has 200 valence electrons. The maximum atomic E-state index is 14.6. The molecule has 5 heterocycles. The number of halogens is 3. The van der Waals surface area contributed by atoms with Gasteiger partial charge in [0.05, 0.1) is 36.1 Å². The number of nitrogens with one attached hydrogen (secondary N) is 2. The lowest BCUT2D eigenvalue weighted by Crippen LogP contribution is -2.52. The van der Waals surface area contributed by atoms with Crippen LogP contribution >= 0.6 is 24.8 Å². The predicted molar refractivity (Wildman–Crippen MR) is 140 cm³/mol. The van der Waals surface area contributed by atoms with Crippen LogP contribution in [0.5, 0.6) is 11.6 Å². The van der Waals surface area contributed by atoms with Gasteiger partial charge in [-0.25, -0.2) is 14.4 Å². The van der Waals surface area contributed by atoms with E-state index >= 15 is 0 Å². The lowest BCUT2D eigenvalue weighted by molar-refractivity contribution is -0.118. The molecule has 3 aromatic rings. The number of hydrogen-bond donors (Lipinski definition) is 3. The number of rotatable bonds is 7. The molecule has 0 radical (unpaired) electrons. The molecule has 0 unspecified atom stereocenters. The van der Waals surface area contributed by atoms with E-state index in [1.165, 1.54) is 13.3 Å². The molecular formula is C24H29Cl2FN6O4. The van der Waals surface area contributed by atoms with E-state index in [1.807, 2.05) is 6.07 Å². The van der Waals surface area contributed by atoms with Crippen molar-refractivity contribution in [2.75, 3.05) is 38.7 Å². The molecule has 1 amide bonds. The fraction of sp³-hybridized carbons (Fsp3) is 0.417. The number of fused-ring (bicyclic) bond motifs is 2. The first kappa shape index (κ1) is 28.7. The van der Waals surface area contributed by atoms with Gasteiger partial charge in [0.2, 0.25) is 5.88 Å². The minimum atomic E-state index is -0.582. The zero-order valence-corrected chi connectivity index (χ0v) is 21.8. The van der Waals surface area contributed by atoms with Crippen molar-refractivity contribution >= 4 is 47.6 Å². The highest BCUT2D eigenvalue weighted by molar-refractivity contribution is 5.94. The number of hydrogen-bond acceptors (Lipinski definition) is 9. The van der Waals surface area contributed by atoms with Gasteiger partial charge in [0.15, 0.2) is 18.2 Å². The number of aliphatic hydroxyl groups excluding tert-OH is 1. The van der Waals surface area contributed by atoms with Crippen molar-refractivity contribution in [3.8, 4) is 11.6 Å². The smallest absolute Gasteiger partial charge is 0.263 e. The van der Waals surface area contributed by atoms with Crippen LogP contribution < -0.4 is 20.1 Å². The summed E-state index contributed by atoms with van der Waals surface area (Å²) in [5.41, 5.74) is 2.36. The van der Waals surface area contributed by atoms with Crippen molar-refractivity contribution in [1.82, 2.24) is 25.2 Å². The van der Waals surface area contributed by atoms with Crippen LogP contribution in [0, 0.1) is 5.82 Å². The Morgan fingerprint density at radius 2 is 2.11 bits per heavy atom. The quantitative estimate of drug-likeness (QED) is 0.403. The van der Waals surface area contributed by atoms with E-state index in [0.717, 1.165) is 18.7 Å². The lowest BCUT2D eigenvalue weighted by atomic mass is 10.0. The third-order valence-corrected chi connectivity index (χ3v) is 6.37. The number of nitrogens with zero attached hydrogens (tertiary/aromatic N) is 4. The van der Waals surface area contributed by atoms with Gasteiger partial charge < -0.3 is 30.1 Å². The first-order valence-corrected chi connectivity index (χ1v) is 11.5. The highest BCUT2D eigenvalue weighted by atomic mass is 35.5. The Kier molecular flexibility index (Phi) is 9.80. The van der Waals surface area contributed by atoms with Crippen molar-refractivity contribution in [2.24, 2.45) is 0 Å². The zero-order valence-electron chi connectivity index (χ0n) is 20.1. The van der Waals surface area contributed by atoms with Crippen molar-refractivity contribution in [2.45, 2.75) is 31.5 Å². The number of carbonyl (C=O) groups is 1. The van der Waals surface area contributed by atoms with Gasteiger partial charge in [-0.2, -0.15) is 0 Å². The maximum Gasteiger partial charge on any atom is 0.263 e. The standard InChI is InChI=1S/C24H27FN6O4.2ClH/c1-34-22-5-3-18-23(30-22)15(16(25)11-27-18)6-8-31-9-7-17(19(32)12-31)26-10-14-2-4-20-24(28-14)29-21(33)13-35-20;;/h2-5,11,17,19,26,32H,6-10,12-13H2,1H3,(H,28,29,33);2*1H/t17-,19+;;/m0../s1. The Bertz CT molecular complexity index is 1250. The second kappa shape index (κ2) is 12.6. The molecule has 2 aliphatic heterocycles. The largest absolute Gasteiger partial charge is 0.481 e. The van der Waals surface area contributed by atoms with Gasteiger partial charge in [-0.15, -0.1) is 24.8 Å². The Balaban J connectivity index is 0.00000190. The Hall–Kier alpha value is -2.83. The summed E-state index contributed by atoms with van der Waals surface area (Å²) >= 11 is 0. The van der Waals surface area contributed by atoms with Crippen LogP contribution in [0.25, 0.3) is 11.0 Å². The Labute approximate surface area is 225 Å². The van der Waals surface area contributed by atoms with E-state index in [-0.39, 0.29) is 43.4 Å². The van der Waals surface area contributed by atoms with Crippen LogP contribution in [0.1, 0.15) is 17.7 Å². The van der Waals surface area contributed by atoms with E-state index in [4.69, 9.17) is 9.47 Å². The van der Waals surface area contributed by atoms with Gasteiger partial charge in [0, 0.05) is 37.3 Å². The number of piperidine rings is 1. The number of aromatic nitrogens is 3. The zero-order chi connectivity index (χ0) is 24.4. The van der Waals surface area contributed by atoms with Gasteiger partial charge in [-0.3, -0.25) is 9.78 Å². The first-order valence-electron chi connectivity index (χ1n) is 11.5. The van der Waals surface area contributed by atoms with Crippen molar-refractivity contribution in [3.05, 3.63) is 47.5 Å². The van der Waals surface area contributed by atoms with Crippen LogP contribution in [0.4, 0.5) is 10.2 Å². The first-order chi connectivity index (χ1) is 17.0. The SMILES string of the molecule is COc1ccc2ncc(F)c(CCN3CC[C@H](NCc4ccc5c(n4)NC(=O)CO5)[C@H](O)C3)c2n1.Cl.Cl. The van der Waals surface area contributed by atoms with Gasteiger partial charge in [0.1, 0.15) is 5.82 Å². The van der Waals surface area contributed by atoms with Crippen LogP contribution in [0.15, 0.2) is 30.5 Å². The Morgan fingerprint density at radius 1 is 1.27 bits per heavy atom. The minimum absolute atomic E-state index is 0. The van der Waals surface area contributed by atoms with E-state index in [1.54, 1.807) is 18.2 Å². The van der Waals surface area contributed by atoms with Crippen LogP contribution in [-0.2, 0) is 17.8 Å². The predicted octanol–water partition coefficient (Wildman–Crippen LogP) is 2.11. The summed E-state index contributed by atoms with van der Waals surface area (Å²) in [5.74, 6) is 0.756. The molecule has 2 aliphatic rings. The topological polar surface area (TPSA) is 122 Å². The molecular weight excluding hydrogens is 526 g/mol. The second-order valence-corrected chi connectivity index (χ2v) is 8.69. The molecule has 0 aromatic carbocycles. The average molecular weight is 555 g/mol. The summed E-state index contributed by atoms with van der Waals surface area (Å²) in [6.07, 6.45) is 1.82. The molecule has 10 nitrogen and oxygen atoms in total. The maximum absolute atomic E-state index is 14.6. The third kappa shape index (κ3) is 6.55. The molecule has 0 aliphatic carbocycles. The van der Waals surface area contributed by atoms with E-state index in [0.29, 0.717) is 60.1 Å². The number of amides is 1. The molecule has 3 N–H and O–H groups in total. The number of ether oxygens (including phenoxy) is 2. The summed E-state index contributed by atoms with van der Waals surface area (Å²) in [6.45, 7) is 2.27. The third-order valence-electron chi connectivity index (χ3n) is 6.37. The number of aliphatic hydroxyl groups is 1. The Morgan fingerprint density at radius 3 is 2.89 bits per heavy atom. The van der Waals surface area contributed by atoms with Crippen molar-refractivity contribution < 1.29 is 23.8 Å². The summed E-state index contributed by atoms with van der Waals surface area (Å²) in [4.78, 5) is 26.6. The van der Waals surface area contributed by atoms with Crippen LogP contribution in [0.3, 0.4) is 0 Å². The summed E-state index contributed by atoms with van der Waals surface area (Å²) < 4.78 is 25.1. The highest BCUT2D eigenvalue weighted by Crippen LogP contribution is 2.26. The fourth-order valence-corrected chi connectivity index (χ4v) is 4.48. The number of anilines is 1. The molecule has 37 heavy (non-hydrogen) atoms. The lowest BCUT2D eigenvalue weighted by Gasteiger charge is -2.36. The molecule has 13 heteroatoms. The number of carbonyl (C=O) groups excluding carboxylic acids is 1. The van der Waals surface area contributed by atoms with Crippen molar-refractivity contribution in [3.63, 3.8) is 0 Å². The van der Waals surface area contributed by atoms with Gasteiger partial charge in [-0.1, -0.05) is 0 Å². The fourth-order valence-electron chi connectivity index (χ4n) is 4.48. The summed E-state index contributed by atoms with van der Waals surface area (Å²) in [6, 6.07) is 6.99. The summed E-state index contributed by atoms with van der Waals surface area (Å²) in [7, 11) is 1.52. The molecule has 2 atom stereocenters. The van der Waals surface area contributed by atoms with Crippen LogP contribution in [-0.4, -0.2) is 76.4 Å². The highest BCUT2D eigenvalue weighted by Gasteiger charge is 2.28. The second-order valence-electron chi connectivity index (χ2n) is 8.69. The minimum Gasteiger partial charge on any atom is -0.481 e. The molecule has 0 bridgehead atoms. The normalized spacial score (nSPS) is 19.2. The molecule has 0 spiro atoms. The monoisotopic (exact) mass is 554 g/mol. The molecule has 1 saturated heterocycles. The number of methoxy groups -OCH3 is 1. The molecule has 3 aromatic heterocycles. The number of pyridine rings is 3. The van der Waals surface area contributed by atoms with Gasteiger partial charge in [-0.05, 0) is 37.6 Å². The number of β-amino-alcohol motifs (C(OH)–C–C–N with tert-alkyl or cyclic N) is 1. The number of likely N-dealkylation sites (tertiary alicyclic amines) is 1. The van der Waals surface area contributed by atoms with E-state index in [9.17, 15) is 14.3 Å². The van der Waals surface area contributed by atoms with E-state index < -0.39 is 11.9 Å². The molecule has 5 rings (SSSR count). The molecule has 1 fully saturated rings. The van der Waals surface area contributed by atoms with E-state index in [2.05, 4.69) is 30.5 Å². The van der Waals surface area contributed by atoms with Crippen LogP contribution in [0.2, 0.25) is 0 Å². The van der Waals surface area contributed by atoms with Gasteiger partial charge in [0.25, 0.3) is 5.91 Å².